The third-order valence-corrected chi connectivity index (χ3v) is 2.84. The van der Waals surface area contributed by atoms with Crippen LogP contribution in [-0.4, -0.2) is 35.4 Å². The Kier molecular flexibility index (Phi) is 4.15. The van der Waals surface area contributed by atoms with Gasteiger partial charge in [-0.25, -0.2) is 9.37 Å². The van der Waals surface area contributed by atoms with E-state index in [0.29, 0.717) is 17.5 Å². The van der Waals surface area contributed by atoms with Gasteiger partial charge in [-0.05, 0) is 11.6 Å². The summed E-state index contributed by atoms with van der Waals surface area (Å²) in [4.78, 5) is 17.0. The van der Waals surface area contributed by atoms with E-state index in [4.69, 9.17) is 11.6 Å². The number of alkyl halides is 1. The first kappa shape index (κ1) is 12.8. The summed E-state index contributed by atoms with van der Waals surface area (Å²) in [5, 5.41) is 3.50. The van der Waals surface area contributed by atoms with E-state index in [1.165, 1.54) is 6.08 Å². The summed E-state index contributed by atoms with van der Waals surface area (Å²) in [6.07, 6.45) is 2.99. The fourth-order valence-corrected chi connectivity index (χ4v) is 1.88. The molecule has 1 saturated heterocycles. The van der Waals surface area contributed by atoms with Crippen molar-refractivity contribution >= 4 is 17.4 Å². The second kappa shape index (κ2) is 5.82. The highest BCUT2D eigenvalue weighted by atomic mass is 35.5. The first-order valence-corrected chi connectivity index (χ1v) is 5.96. The molecule has 96 valence electrons. The standard InChI is InChI=1S/C12H13ClFN3O/c13-11-2-1-9(7-16-11)8-17-4-3-15-12(17)5-10(18)6-14/h1-2,5,7,15H,3-4,6,8H2/b12-5+. The highest BCUT2D eigenvalue weighted by Crippen LogP contribution is 2.14. The maximum atomic E-state index is 12.2. The summed E-state index contributed by atoms with van der Waals surface area (Å²) in [5.74, 6) is 0.131. The van der Waals surface area contributed by atoms with Gasteiger partial charge in [0.1, 0.15) is 11.0 Å². The molecule has 0 unspecified atom stereocenters. The monoisotopic (exact) mass is 269 g/mol. The molecule has 1 N–H and O–H groups in total. The fraction of sp³-hybridized carbons (Fsp3) is 0.333. The van der Waals surface area contributed by atoms with Gasteiger partial charge in [0.25, 0.3) is 0 Å². The largest absolute Gasteiger partial charge is 0.370 e. The Balaban J connectivity index is 2.06. The molecule has 18 heavy (non-hydrogen) atoms. The number of nitrogens with zero attached hydrogens (tertiary/aromatic N) is 2. The van der Waals surface area contributed by atoms with E-state index < -0.39 is 12.5 Å². The van der Waals surface area contributed by atoms with E-state index >= 15 is 0 Å². The molecule has 0 amide bonds. The summed E-state index contributed by atoms with van der Waals surface area (Å²) in [5.41, 5.74) is 0.988. The van der Waals surface area contributed by atoms with Crippen molar-refractivity contribution in [3.63, 3.8) is 0 Å². The molecule has 6 heteroatoms. The van der Waals surface area contributed by atoms with E-state index in [1.807, 2.05) is 11.0 Å². The smallest absolute Gasteiger partial charge is 0.190 e. The first-order chi connectivity index (χ1) is 8.69. The molecule has 0 radical (unpaired) electrons. The lowest BCUT2D eigenvalue weighted by Gasteiger charge is -2.18. The van der Waals surface area contributed by atoms with Crippen LogP contribution in [0.1, 0.15) is 5.56 Å². The molecule has 1 aliphatic heterocycles. The molecule has 1 aromatic heterocycles. The SMILES string of the molecule is O=C(/C=C1\NCCN1Cc1ccc(Cl)nc1)CF. The Morgan fingerprint density at radius 1 is 1.61 bits per heavy atom. The predicted molar refractivity (Wildman–Crippen MR) is 66.7 cm³/mol. The van der Waals surface area contributed by atoms with Crippen LogP contribution >= 0.6 is 11.6 Å². The van der Waals surface area contributed by atoms with Crippen molar-refractivity contribution in [1.29, 1.82) is 0 Å². The number of nitrogens with one attached hydrogen (secondary N) is 1. The van der Waals surface area contributed by atoms with Crippen molar-refractivity contribution in [1.82, 2.24) is 15.2 Å². The molecular weight excluding hydrogens is 257 g/mol. The quantitative estimate of drug-likeness (QED) is 0.665. The zero-order chi connectivity index (χ0) is 13.0. The van der Waals surface area contributed by atoms with Gasteiger partial charge in [-0.15, -0.1) is 0 Å². The molecule has 2 rings (SSSR count). The molecule has 0 spiro atoms. The molecular formula is C12H13ClFN3O. The van der Waals surface area contributed by atoms with Crippen molar-refractivity contribution < 1.29 is 9.18 Å². The second-order valence-electron chi connectivity index (χ2n) is 3.97. The second-order valence-corrected chi connectivity index (χ2v) is 4.35. The van der Waals surface area contributed by atoms with Gasteiger partial charge in [-0.1, -0.05) is 17.7 Å². The molecule has 0 bridgehead atoms. The average molecular weight is 270 g/mol. The van der Waals surface area contributed by atoms with Crippen LogP contribution in [0.5, 0.6) is 0 Å². The van der Waals surface area contributed by atoms with Gasteiger partial charge in [-0.2, -0.15) is 0 Å². The number of hydrogen-bond acceptors (Lipinski definition) is 4. The third-order valence-electron chi connectivity index (χ3n) is 2.62. The van der Waals surface area contributed by atoms with Gasteiger partial charge in [0.15, 0.2) is 12.5 Å². The minimum absolute atomic E-state index is 0.446. The summed E-state index contributed by atoms with van der Waals surface area (Å²) < 4.78 is 12.2. The van der Waals surface area contributed by atoms with Crippen LogP contribution in [0.2, 0.25) is 5.15 Å². The van der Waals surface area contributed by atoms with Crippen LogP contribution in [0, 0.1) is 0 Å². The number of aromatic nitrogens is 1. The Bertz CT molecular complexity index is 461. The Hall–Kier alpha value is -1.62. The summed E-state index contributed by atoms with van der Waals surface area (Å²) in [6.45, 7) is 1.16. The van der Waals surface area contributed by atoms with E-state index in [9.17, 15) is 9.18 Å². The van der Waals surface area contributed by atoms with Gasteiger partial charge in [0, 0.05) is 31.9 Å². The molecule has 1 aromatic rings. The van der Waals surface area contributed by atoms with Crippen LogP contribution in [0.3, 0.4) is 0 Å². The van der Waals surface area contributed by atoms with E-state index in [2.05, 4.69) is 10.3 Å². The number of rotatable bonds is 4. The predicted octanol–water partition coefficient (Wildman–Crippen LogP) is 1.52. The van der Waals surface area contributed by atoms with Crippen LogP contribution in [0.15, 0.2) is 30.2 Å². The summed E-state index contributed by atoms with van der Waals surface area (Å²) in [7, 11) is 0. The maximum Gasteiger partial charge on any atom is 0.190 e. The molecule has 0 aromatic carbocycles. The lowest BCUT2D eigenvalue weighted by atomic mass is 10.2. The molecule has 0 saturated carbocycles. The normalized spacial score (nSPS) is 17.0. The minimum Gasteiger partial charge on any atom is -0.370 e. The average Bonchev–Trinajstić information content (AvgIpc) is 2.79. The van der Waals surface area contributed by atoms with Crippen molar-refractivity contribution in [3.05, 3.63) is 40.9 Å². The highest BCUT2D eigenvalue weighted by Gasteiger charge is 2.17. The first-order valence-electron chi connectivity index (χ1n) is 5.59. The molecule has 0 atom stereocenters. The zero-order valence-electron chi connectivity index (χ0n) is 9.70. The van der Waals surface area contributed by atoms with Gasteiger partial charge in [0.2, 0.25) is 0 Å². The Morgan fingerprint density at radius 2 is 2.44 bits per heavy atom. The van der Waals surface area contributed by atoms with Gasteiger partial charge >= 0.3 is 0 Å². The number of allylic oxidation sites excluding steroid dienone is 1. The number of carbonyl (C=O) groups is 1. The Labute approximate surface area is 109 Å². The van der Waals surface area contributed by atoms with Crippen molar-refractivity contribution in [2.24, 2.45) is 0 Å². The molecule has 4 nitrogen and oxygen atoms in total. The number of hydrogen-bond donors (Lipinski definition) is 1. The topological polar surface area (TPSA) is 45.2 Å². The van der Waals surface area contributed by atoms with Crippen LogP contribution in [-0.2, 0) is 11.3 Å². The number of carbonyl (C=O) groups excluding carboxylic acids is 1. The zero-order valence-corrected chi connectivity index (χ0v) is 10.5. The Morgan fingerprint density at radius 3 is 3.11 bits per heavy atom. The molecule has 0 aliphatic carbocycles. The van der Waals surface area contributed by atoms with E-state index in [0.717, 1.165) is 18.7 Å². The van der Waals surface area contributed by atoms with Crippen molar-refractivity contribution in [3.8, 4) is 0 Å². The lowest BCUT2D eigenvalue weighted by Crippen LogP contribution is -2.21. The number of pyridine rings is 1. The lowest BCUT2D eigenvalue weighted by molar-refractivity contribution is -0.115. The summed E-state index contributed by atoms with van der Waals surface area (Å²) in [6, 6.07) is 3.60. The molecule has 1 fully saturated rings. The fourth-order valence-electron chi connectivity index (χ4n) is 1.77. The van der Waals surface area contributed by atoms with Crippen LogP contribution in [0.25, 0.3) is 0 Å². The van der Waals surface area contributed by atoms with E-state index in [-0.39, 0.29) is 0 Å². The molecule has 1 aliphatic rings. The molecule has 2 heterocycles. The number of ketones is 1. The van der Waals surface area contributed by atoms with Crippen molar-refractivity contribution in [2.45, 2.75) is 6.54 Å². The summed E-state index contributed by atoms with van der Waals surface area (Å²) >= 11 is 5.71. The van der Waals surface area contributed by atoms with Gasteiger partial charge in [0.05, 0.1) is 0 Å². The third kappa shape index (κ3) is 3.20. The van der Waals surface area contributed by atoms with Gasteiger partial charge < -0.3 is 10.2 Å². The van der Waals surface area contributed by atoms with E-state index in [1.54, 1.807) is 12.3 Å². The maximum absolute atomic E-state index is 12.2. The highest BCUT2D eigenvalue weighted by molar-refractivity contribution is 6.29. The van der Waals surface area contributed by atoms with Crippen LogP contribution < -0.4 is 5.32 Å². The van der Waals surface area contributed by atoms with Crippen LogP contribution in [0.4, 0.5) is 4.39 Å². The van der Waals surface area contributed by atoms with Crippen molar-refractivity contribution in [2.75, 3.05) is 19.8 Å². The number of halogens is 2. The van der Waals surface area contributed by atoms with Gasteiger partial charge in [-0.3, -0.25) is 4.79 Å². The minimum atomic E-state index is -0.971.